The Morgan fingerprint density at radius 1 is 1.15 bits per heavy atom. The molecule has 0 bridgehead atoms. The van der Waals surface area contributed by atoms with Gasteiger partial charge >= 0.3 is 5.97 Å². The van der Waals surface area contributed by atoms with Crippen LogP contribution in [0, 0.1) is 6.92 Å². The molecule has 2 aromatic rings. The predicted molar refractivity (Wildman–Crippen MR) is 108 cm³/mol. The van der Waals surface area contributed by atoms with E-state index in [1.165, 1.54) is 17.5 Å². The van der Waals surface area contributed by atoms with Crippen molar-refractivity contribution in [3.63, 3.8) is 0 Å². The van der Waals surface area contributed by atoms with Crippen molar-refractivity contribution in [1.29, 1.82) is 0 Å². The van der Waals surface area contributed by atoms with Gasteiger partial charge in [0.2, 0.25) is 0 Å². The van der Waals surface area contributed by atoms with Crippen molar-refractivity contribution >= 4 is 27.8 Å². The minimum Gasteiger partial charge on any atom is -0.466 e. The molecule has 2 aromatic carbocycles. The van der Waals surface area contributed by atoms with Gasteiger partial charge in [-0.15, -0.1) is 0 Å². The van der Waals surface area contributed by atoms with Crippen molar-refractivity contribution in [2.24, 2.45) is 0 Å². The molecule has 0 fully saturated rings. The second-order valence-corrected chi connectivity index (χ2v) is 7.73. The van der Waals surface area contributed by atoms with E-state index in [0.29, 0.717) is 17.7 Å². The molecule has 27 heavy (non-hydrogen) atoms. The lowest BCUT2D eigenvalue weighted by molar-refractivity contribution is -0.134. The first kappa shape index (κ1) is 20.5. The zero-order chi connectivity index (χ0) is 19.9. The van der Waals surface area contributed by atoms with Crippen molar-refractivity contribution in [1.82, 2.24) is 0 Å². The minimum absolute atomic E-state index is 0.175. The molecule has 0 heterocycles. The zero-order valence-electron chi connectivity index (χ0n) is 15.5. The highest BCUT2D eigenvalue weighted by Crippen LogP contribution is 2.28. The predicted octanol–water partition coefficient (Wildman–Crippen LogP) is 3.95. The Bertz CT molecular complexity index is 931. The van der Waals surface area contributed by atoms with E-state index in [2.05, 4.69) is 11.3 Å². The standard InChI is InChI=1S/C21H23NO4S/c1-4-18-9-5-6-10-20(18)22(16-8-7-11-21(23)26-3)27(24,25)19-14-12-17(2)13-15-19/h4-7,9-15H,1,8,16H2,2-3H3/b11-7+. The largest absolute Gasteiger partial charge is 0.466 e. The fraction of sp³-hybridized carbons (Fsp3) is 0.190. The van der Waals surface area contributed by atoms with Gasteiger partial charge < -0.3 is 4.74 Å². The molecule has 6 heteroatoms. The highest BCUT2D eigenvalue weighted by molar-refractivity contribution is 7.92. The van der Waals surface area contributed by atoms with Crippen LogP contribution in [0.25, 0.3) is 6.08 Å². The van der Waals surface area contributed by atoms with Crippen molar-refractivity contribution in [3.8, 4) is 0 Å². The number of ether oxygens (including phenoxy) is 1. The average Bonchev–Trinajstić information content (AvgIpc) is 2.68. The van der Waals surface area contributed by atoms with Crippen LogP contribution in [-0.4, -0.2) is 28.0 Å². The van der Waals surface area contributed by atoms with Gasteiger partial charge in [-0.05, 0) is 37.1 Å². The minimum atomic E-state index is -3.77. The number of hydrogen-bond donors (Lipinski definition) is 0. The maximum absolute atomic E-state index is 13.3. The van der Waals surface area contributed by atoms with Crippen molar-refractivity contribution in [2.75, 3.05) is 18.0 Å². The first-order valence-electron chi connectivity index (χ1n) is 8.45. The Labute approximate surface area is 160 Å². The molecule has 0 aromatic heterocycles. The second kappa shape index (κ2) is 9.19. The molecule has 2 rings (SSSR count). The summed E-state index contributed by atoms with van der Waals surface area (Å²) in [6, 6.07) is 13.9. The molecule has 0 radical (unpaired) electrons. The zero-order valence-corrected chi connectivity index (χ0v) is 16.3. The molecule has 0 aliphatic rings. The number of methoxy groups -OCH3 is 1. The Kier molecular flexibility index (Phi) is 6.96. The summed E-state index contributed by atoms with van der Waals surface area (Å²) < 4.78 is 32.4. The number of carbonyl (C=O) groups is 1. The fourth-order valence-electron chi connectivity index (χ4n) is 2.53. The lowest BCUT2D eigenvalue weighted by Crippen LogP contribution is -2.32. The van der Waals surface area contributed by atoms with Gasteiger partial charge in [-0.2, -0.15) is 0 Å². The normalized spacial score (nSPS) is 11.3. The molecule has 0 aliphatic carbocycles. The van der Waals surface area contributed by atoms with Gasteiger partial charge in [0.25, 0.3) is 10.0 Å². The van der Waals surface area contributed by atoms with Crippen LogP contribution >= 0.6 is 0 Å². The highest BCUT2D eigenvalue weighted by Gasteiger charge is 2.25. The number of para-hydroxylation sites is 1. The summed E-state index contributed by atoms with van der Waals surface area (Å²) in [4.78, 5) is 11.4. The number of benzene rings is 2. The van der Waals surface area contributed by atoms with Crippen LogP contribution in [0.2, 0.25) is 0 Å². The maximum atomic E-state index is 13.3. The molecule has 5 nitrogen and oxygen atoms in total. The van der Waals surface area contributed by atoms with Gasteiger partial charge in [-0.25, -0.2) is 13.2 Å². The molecule has 0 aliphatic heterocycles. The van der Waals surface area contributed by atoms with E-state index in [9.17, 15) is 13.2 Å². The maximum Gasteiger partial charge on any atom is 0.330 e. The van der Waals surface area contributed by atoms with Crippen LogP contribution in [0.3, 0.4) is 0 Å². The van der Waals surface area contributed by atoms with E-state index in [1.54, 1.807) is 48.6 Å². The van der Waals surface area contributed by atoms with Gasteiger partial charge in [0.1, 0.15) is 0 Å². The van der Waals surface area contributed by atoms with E-state index >= 15 is 0 Å². The summed E-state index contributed by atoms with van der Waals surface area (Å²) in [7, 11) is -2.48. The van der Waals surface area contributed by atoms with Crippen molar-refractivity contribution in [3.05, 3.63) is 78.4 Å². The van der Waals surface area contributed by atoms with Crippen LogP contribution in [0.1, 0.15) is 17.5 Å². The van der Waals surface area contributed by atoms with Gasteiger partial charge in [0.15, 0.2) is 0 Å². The molecular weight excluding hydrogens is 362 g/mol. The molecule has 0 amide bonds. The van der Waals surface area contributed by atoms with Crippen LogP contribution in [0.4, 0.5) is 5.69 Å². The van der Waals surface area contributed by atoms with Crippen LogP contribution in [-0.2, 0) is 19.6 Å². The van der Waals surface area contributed by atoms with Gasteiger partial charge in [0.05, 0.1) is 17.7 Å². The topological polar surface area (TPSA) is 63.7 Å². The van der Waals surface area contributed by atoms with Gasteiger partial charge in [0, 0.05) is 12.6 Å². The van der Waals surface area contributed by atoms with E-state index in [1.807, 2.05) is 19.1 Å². The third-order valence-electron chi connectivity index (χ3n) is 3.99. The van der Waals surface area contributed by atoms with Crippen molar-refractivity contribution < 1.29 is 17.9 Å². The number of anilines is 1. The number of aryl methyl sites for hydroxylation is 1. The molecule has 0 spiro atoms. The Morgan fingerprint density at radius 3 is 2.44 bits per heavy atom. The van der Waals surface area contributed by atoms with Gasteiger partial charge in [-0.3, -0.25) is 4.31 Å². The average molecular weight is 385 g/mol. The van der Waals surface area contributed by atoms with Gasteiger partial charge in [-0.1, -0.05) is 54.6 Å². The summed E-state index contributed by atoms with van der Waals surface area (Å²) in [5, 5.41) is 0. The molecule has 0 saturated carbocycles. The number of esters is 1. The van der Waals surface area contributed by atoms with E-state index < -0.39 is 16.0 Å². The van der Waals surface area contributed by atoms with E-state index in [4.69, 9.17) is 0 Å². The molecule has 142 valence electrons. The number of rotatable bonds is 8. The molecule has 0 unspecified atom stereocenters. The Morgan fingerprint density at radius 2 is 1.81 bits per heavy atom. The lowest BCUT2D eigenvalue weighted by Gasteiger charge is -2.25. The number of carbonyl (C=O) groups excluding carboxylic acids is 1. The van der Waals surface area contributed by atoms with E-state index in [-0.39, 0.29) is 11.4 Å². The number of sulfonamides is 1. The molecule has 0 atom stereocenters. The second-order valence-electron chi connectivity index (χ2n) is 5.87. The molecule has 0 N–H and O–H groups in total. The Hall–Kier alpha value is -2.86. The third kappa shape index (κ3) is 5.08. The molecule has 0 saturated heterocycles. The summed E-state index contributed by atoms with van der Waals surface area (Å²) in [5.41, 5.74) is 2.23. The summed E-state index contributed by atoms with van der Waals surface area (Å²) in [6.45, 7) is 5.85. The monoisotopic (exact) mass is 385 g/mol. The third-order valence-corrected chi connectivity index (χ3v) is 5.82. The lowest BCUT2D eigenvalue weighted by atomic mass is 10.1. The summed E-state index contributed by atoms with van der Waals surface area (Å²) >= 11 is 0. The fourth-order valence-corrected chi connectivity index (χ4v) is 4.04. The first-order valence-corrected chi connectivity index (χ1v) is 9.89. The van der Waals surface area contributed by atoms with Crippen LogP contribution in [0.15, 0.2) is 72.2 Å². The SMILES string of the molecule is C=Cc1ccccc1N(CC/C=C/C(=O)OC)S(=O)(=O)c1ccc(C)cc1. The van der Waals surface area contributed by atoms with Crippen molar-refractivity contribution in [2.45, 2.75) is 18.2 Å². The number of nitrogens with zero attached hydrogens (tertiary/aromatic N) is 1. The van der Waals surface area contributed by atoms with Crippen LogP contribution in [0.5, 0.6) is 0 Å². The summed E-state index contributed by atoms with van der Waals surface area (Å²) in [6.07, 6.45) is 4.86. The van der Waals surface area contributed by atoms with E-state index in [0.717, 1.165) is 5.56 Å². The van der Waals surface area contributed by atoms with Crippen LogP contribution < -0.4 is 4.31 Å². The quantitative estimate of drug-likeness (QED) is 0.510. The highest BCUT2D eigenvalue weighted by atomic mass is 32.2. The summed E-state index contributed by atoms with van der Waals surface area (Å²) in [5.74, 6) is -0.477. The number of hydrogen-bond acceptors (Lipinski definition) is 4. The molecular formula is C21H23NO4S. The first-order chi connectivity index (χ1) is 12.9. The Balaban J connectivity index is 2.42. The smallest absolute Gasteiger partial charge is 0.330 e.